The van der Waals surface area contributed by atoms with E-state index in [4.69, 9.17) is 4.74 Å². The van der Waals surface area contributed by atoms with Gasteiger partial charge in [0.15, 0.2) is 5.75 Å². The van der Waals surface area contributed by atoms with Crippen LogP contribution in [0.25, 0.3) is 0 Å². The van der Waals surface area contributed by atoms with Crippen LogP contribution in [0.4, 0.5) is 5.69 Å². The molecule has 0 amide bonds. The summed E-state index contributed by atoms with van der Waals surface area (Å²) in [4.78, 5) is 10.8. The van der Waals surface area contributed by atoms with Crippen molar-refractivity contribution < 1.29 is 9.66 Å². The Morgan fingerprint density at radius 1 is 1.24 bits per heavy atom. The van der Waals surface area contributed by atoms with Gasteiger partial charge in [-0.25, -0.2) is 0 Å². The third-order valence-corrected chi connectivity index (χ3v) is 4.19. The first-order valence-electron chi connectivity index (χ1n) is 6.83. The summed E-state index contributed by atoms with van der Waals surface area (Å²) in [5.74, 6) is 0.324. The van der Waals surface area contributed by atoms with Gasteiger partial charge in [-0.15, -0.1) is 0 Å². The largest absolute Gasteiger partial charge is 0.479 e. The number of nitro benzene ring substituents is 1. The van der Waals surface area contributed by atoms with Crippen molar-refractivity contribution in [2.75, 3.05) is 0 Å². The highest BCUT2D eigenvalue weighted by Crippen LogP contribution is 2.37. The lowest BCUT2D eigenvalue weighted by atomic mass is 9.89. The van der Waals surface area contributed by atoms with Crippen LogP contribution >= 0.6 is 15.9 Å². The van der Waals surface area contributed by atoms with E-state index in [1.807, 2.05) is 18.2 Å². The summed E-state index contributed by atoms with van der Waals surface area (Å²) < 4.78 is 6.64. The van der Waals surface area contributed by atoms with Gasteiger partial charge in [0.2, 0.25) is 0 Å². The van der Waals surface area contributed by atoms with Crippen molar-refractivity contribution in [3.63, 3.8) is 0 Å². The van der Waals surface area contributed by atoms with Crippen molar-refractivity contribution in [2.45, 2.75) is 25.4 Å². The Morgan fingerprint density at radius 3 is 2.86 bits per heavy atom. The SMILES string of the molecule is O=[N+]([O-])c1cc(Br)ccc1OC1CCCc2ccccc21. The van der Waals surface area contributed by atoms with Crippen LogP contribution in [0.5, 0.6) is 5.75 Å². The molecule has 0 saturated carbocycles. The molecule has 4 nitrogen and oxygen atoms in total. The first kappa shape index (κ1) is 14.1. The molecule has 1 atom stereocenters. The molecule has 2 aromatic rings. The third-order valence-electron chi connectivity index (χ3n) is 3.70. The zero-order valence-electron chi connectivity index (χ0n) is 11.3. The van der Waals surface area contributed by atoms with Crippen molar-refractivity contribution in [1.82, 2.24) is 0 Å². The lowest BCUT2D eigenvalue weighted by molar-refractivity contribution is -0.386. The van der Waals surface area contributed by atoms with E-state index in [-0.39, 0.29) is 11.8 Å². The second-order valence-corrected chi connectivity index (χ2v) is 5.98. The van der Waals surface area contributed by atoms with Crippen molar-refractivity contribution in [2.24, 2.45) is 0 Å². The molecule has 21 heavy (non-hydrogen) atoms. The van der Waals surface area contributed by atoms with Gasteiger partial charge in [-0.3, -0.25) is 10.1 Å². The Balaban J connectivity index is 1.93. The Labute approximate surface area is 131 Å². The molecule has 0 radical (unpaired) electrons. The number of benzene rings is 2. The lowest BCUT2D eigenvalue weighted by Gasteiger charge is -2.26. The fourth-order valence-corrected chi connectivity index (χ4v) is 3.07. The summed E-state index contributed by atoms with van der Waals surface area (Å²) in [6.45, 7) is 0. The van der Waals surface area contributed by atoms with Gasteiger partial charge in [0.1, 0.15) is 6.10 Å². The van der Waals surface area contributed by atoms with Gasteiger partial charge >= 0.3 is 5.69 Å². The molecule has 3 rings (SSSR count). The Hall–Kier alpha value is -1.88. The Kier molecular flexibility index (Phi) is 3.92. The Bertz CT molecular complexity index is 687. The van der Waals surface area contributed by atoms with Gasteiger partial charge in [-0.2, -0.15) is 0 Å². The first-order chi connectivity index (χ1) is 10.1. The van der Waals surface area contributed by atoms with Gasteiger partial charge < -0.3 is 4.74 Å². The summed E-state index contributed by atoms with van der Waals surface area (Å²) in [5.41, 5.74) is 2.40. The number of ether oxygens (including phenoxy) is 1. The molecule has 0 aromatic heterocycles. The van der Waals surface area contributed by atoms with Gasteiger partial charge in [-0.05, 0) is 42.5 Å². The normalized spacial score (nSPS) is 17.1. The quantitative estimate of drug-likeness (QED) is 0.591. The van der Waals surface area contributed by atoms with Crippen LogP contribution < -0.4 is 4.74 Å². The molecule has 0 N–H and O–H groups in total. The molecule has 0 bridgehead atoms. The van der Waals surface area contributed by atoms with Gasteiger partial charge in [0, 0.05) is 10.5 Å². The number of hydrogen-bond donors (Lipinski definition) is 0. The molecule has 0 spiro atoms. The molecule has 0 saturated heterocycles. The second-order valence-electron chi connectivity index (χ2n) is 5.07. The van der Waals surface area contributed by atoms with Crippen LogP contribution in [0.1, 0.15) is 30.1 Å². The van der Waals surface area contributed by atoms with Crippen LogP contribution in [0.3, 0.4) is 0 Å². The van der Waals surface area contributed by atoms with Crippen LogP contribution in [0.15, 0.2) is 46.9 Å². The van der Waals surface area contributed by atoms with E-state index in [1.165, 1.54) is 11.6 Å². The molecular weight excluding hydrogens is 334 g/mol. The van der Waals surface area contributed by atoms with Crippen LogP contribution in [0, 0.1) is 10.1 Å². The maximum Gasteiger partial charge on any atom is 0.312 e. The van der Waals surface area contributed by atoms with Crippen LogP contribution in [-0.4, -0.2) is 4.92 Å². The van der Waals surface area contributed by atoms with E-state index in [1.54, 1.807) is 12.1 Å². The lowest BCUT2D eigenvalue weighted by Crippen LogP contribution is -2.15. The van der Waals surface area contributed by atoms with Gasteiger partial charge in [-0.1, -0.05) is 40.2 Å². The van der Waals surface area contributed by atoms with E-state index < -0.39 is 4.92 Å². The van der Waals surface area contributed by atoms with E-state index in [0.29, 0.717) is 10.2 Å². The zero-order chi connectivity index (χ0) is 14.8. The number of fused-ring (bicyclic) bond motifs is 1. The number of nitro groups is 1. The van der Waals surface area contributed by atoms with Gasteiger partial charge in [0.25, 0.3) is 0 Å². The van der Waals surface area contributed by atoms with E-state index >= 15 is 0 Å². The monoisotopic (exact) mass is 347 g/mol. The minimum Gasteiger partial charge on any atom is -0.479 e. The standard InChI is InChI=1S/C16H14BrNO3/c17-12-8-9-16(14(10-12)18(19)20)21-15-7-3-5-11-4-1-2-6-13(11)15/h1-2,4,6,8-10,15H,3,5,7H2. The summed E-state index contributed by atoms with van der Waals surface area (Å²) >= 11 is 3.26. The van der Waals surface area contributed by atoms with Crippen molar-refractivity contribution in [3.8, 4) is 5.75 Å². The molecule has 1 aliphatic rings. The van der Waals surface area contributed by atoms with Crippen molar-refractivity contribution in [1.29, 1.82) is 0 Å². The number of hydrogen-bond acceptors (Lipinski definition) is 3. The molecule has 0 heterocycles. The average Bonchev–Trinajstić information content (AvgIpc) is 2.49. The summed E-state index contributed by atoms with van der Waals surface area (Å²) in [5, 5.41) is 11.2. The van der Waals surface area contributed by atoms with Crippen molar-refractivity contribution in [3.05, 3.63) is 68.2 Å². The van der Waals surface area contributed by atoms with E-state index in [9.17, 15) is 10.1 Å². The third kappa shape index (κ3) is 2.93. The van der Waals surface area contributed by atoms with Crippen molar-refractivity contribution >= 4 is 21.6 Å². The highest BCUT2D eigenvalue weighted by molar-refractivity contribution is 9.10. The van der Waals surface area contributed by atoms with E-state index in [0.717, 1.165) is 24.8 Å². The van der Waals surface area contributed by atoms with Crippen LogP contribution in [0.2, 0.25) is 0 Å². The first-order valence-corrected chi connectivity index (χ1v) is 7.63. The molecular formula is C16H14BrNO3. The summed E-state index contributed by atoms with van der Waals surface area (Å²) in [6, 6.07) is 13.0. The minimum absolute atomic E-state index is 0.00701. The highest BCUT2D eigenvalue weighted by Gasteiger charge is 2.24. The molecule has 1 aliphatic carbocycles. The maximum absolute atomic E-state index is 11.2. The fourth-order valence-electron chi connectivity index (χ4n) is 2.72. The van der Waals surface area contributed by atoms with E-state index in [2.05, 4.69) is 22.0 Å². The predicted octanol–water partition coefficient (Wildman–Crippen LogP) is 4.81. The molecule has 2 aromatic carbocycles. The predicted molar refractivity (Wildman–Crippen MR) is 83.5 cm³/mol. The molecule has 0 aliphatic heterocycles. The minimum atomic E-state index is -0.408. The summed E-state index contributed by atoms with van der Waals surface area (Å²) in [7, 11) is 0. The molecule has 5 heteroatoms. The second kappa shape index (κ2) is 5.85. The summed E-state index contributed by atoms with van der Waals surface area (Å²) in [6.07, 6.45) is 2.84. The average molecular weight is 348 g/mol. The smallest absolute Gasteiger partial charge is 0.312 e. The maximum atomic E-state index is 11.2. The highest BCUT2D eigenvalue weighted by atomic mass is 79.9. The molecule has 108 valence electrons. The topological polar surface area (TPSA) is 52.4 Å². The zero-order valence-corrected chi connectivity index (χ0v) is 12.9. The molecule has 0 fully saturated rings. The fraction of sp³-hybridized carbons (Fsp3) is 0.250. The number of rotatable bonds is 3. The Morgan fingerprint density at radius 2 is 2.05 bits per heavy atom. The number of aryl methyl sites for hydroxylation is 1. The molecule has 1 unspecified atom stereocenters. The number of halogens is 1. The van der Waals surface area contributed by atoms with Crippen LogP contribution in [-0.2, 0) is 6.42 Å². The van der Waals surface area contributed by atoms with Gasteiger partial charge in [0.05, 0.1) is 4.92 Å². The number of nitrogens with zero attached hydrogens (tertiary/aromatic N) is 1.